The molecule has 2 heterocycles. The minimum Gasteiger partial charge on any atom is -0.489 e. The summed E-state index contributed by atoms with van der Waals surface area (Å²) in [7, 11) is 0. The molecule has 0 aliphatic carbocycles. The average Bonchev–Trinajstić information content (AvgIpc) is 3.23. The van der Waals surface area contributed by atoms with Crippen LogP contribution in [-0.4, -0.2) is 29.2 Å². The van der Waals surface area contributed by atoms with Gasteiger partial charge in [-0.05, 0) is 36.8 Å². The van der Waals surface area contributed by atoms with Crippen LogP contribution in [-0.2, 0) is 6.42 Å². The predicted octanol–water partition coefficient (Wildman–Crippen LogP) is 4.70. The quantitative estimate of drug-likeness (QED) is 0.621. The summed E-state index contributed by atoms with van der Waals surface area (Å²) in [5.74, 6) is 2.36. The van der Waals surface area contributed by atoms with E-state index < -0.39 is 0 Å². The fraction of sp³-hybridized carbons (Fsp3) is 0.292. The minimum atomic E-state index is 0.140. The third-order valence-corrected chi connectivity index (χ3v) is 5.03. The van der Waals surface area contributed by atoms with Gasteiger partial charge in [0.15, 0.2) is 0 Å². The van der Waals surface area contributed by atoms with E-state index in [-0.39, 0.29) is 6.10 Å². The second-order valence-electron chi connectivity index (χ2n) is 7.40. The van der Waals surface area contributed by atoms with E-state index in [1.165, 1.54) is 0 Å². The number of para-hydroxylation sites is 1. The van der Waals surface area contributed by atoms with Gasteiger partial charge in [-0.3, -0.25) is 0 Å². The van der Waals surface area contributed by atoms with Gasteiger partial charge in [0.05, 0.1) is 18.2 Å². The number of benzene rings is 2. The van der Waals surface area contributed by atoms with Gasteiger partial charge >= 0.3 is 0 Å². The van der Waals surface area contributed by atoms with Crippen LogP contribution in [0.2, 0.25) is 0 Å². The van der Waals surface area contributed by atoms with Crippen LogP contribution in [0.25, 0.3) is 0 Å². The predicted molar refractivity (Wildman–Crippen MR) is 118 cm³/mol. The second kappa shape index (κ2) is 9.27. The lowest BCUT2D eigenvalue weighted by molar-refractivity contribution is 0.225. The highest BCUT2D eigenvalue weighted by Gasteiger charge is 2.26. The van der Waals surface area contributed by atoms with E-state index >= 15 is 0 Å². The Kier molecular flexibility index (Phi) is 6.09. The first-order valence-corrected chi connectivity index (χ1v) is 10.4. The summed E-state index contributed by atoms with van der Waals surface area (Å²) in [6, 6.07) is 21.5. The van der Waals surface area contributed by atoms with Crippen LogP contribution in [0.4, 0.5) is 17.5 Å². The first-order chi connectivity index (χ1) is 14.7. The number of nitriles is 1. The van der Waals surface area contributed by atoms with Crippen LogP contribution in [0.5, 0.6) is 5.75 Å². The molecular weight excluding hydrogens is 374 g/mol. The van der Waals surface area contributed by atoms with Crippen LogP contribution in [0.1, 0.15) is 31.0 Å². The molecule has 1 atom stereocenters. The number of aryl methyl sites for hydroxylation is 1. The Hall–Kier alpha value is -3.59. The second-order valence-corrected chi connectivity index (χ2v) is 7.40. The number of anilines is 3. The van der Waals surface area contributed by atoms with Gasteiger partial charge in [0.25, 0.3) is 0 Å². The zero-order chi connectivity index (χ0) is 20.8. The average molecular weight is 399 g/mol. The molecule has 2 aromatic carbocycles. The topological polar surface area (TPSA) is 74.1 Å². The molecule has 1 fully saturated rings. The van der Waals surface area contributed by atoms with Gasteiger partial charge in [-0.1, -0.05) is 37.6 Å². The fourth-order valence-electron chi connectivity index (χ4n) is 3.60. The molecule has 1 aromatic heterocycles. The summed E-state index contributed by atoms with van der Waals surface area (Å²) in [6.45, 7) is 3.83. The molecule has 0 amide bonds. The Balaban J connectivity index is 1.52. The molecule has 1 aliphatic rings. The maximum Gasteiger partial charge on any atom is 0.229 e. The van der Waals surface area contributed by atoms with Gasteiger partial charge in [-0.15, -0.1) is 0 Å². The monoisotopic (exact) mass is 399 g/mol. The highest BCUT2D eigenvalue weighted by atomic mass is 16.5. The molecule has 30 heavy (non-hydrogen) atoms. The first kappa shape index (κ1) is 19.7. The van der Waals surface area contributed by atoms with E-state index in [4.69, 9.17) is 15.0 Å². The SMILES string of the molecule is CCCc1cc(N2CC[C@H](Oc3ccccc3)C2)nc(Nc2cccc(C#N)c2)n1. The van der Waals surface area contributed by atoms with E-state index in [2.05, 4.69) is 34.3 Å². The van der Waals surface area contributed by atoms with Crippen molar-refractivity contribution in [2.24, 2.45) is 0 Å². The smallest absolute Gasteiger partial charge is 0.229 e. The number of ether oxygens (including phenoxy) is 1. The Morgan fingerprint density at radius 2 is 2.00 bits per heavy atom. The van der Waals surface area contributed by atoms with Gasteiger partial charge in [0, 0.05) is 30.4 Å². The van der Waals surface area contributed by atoms with E-state index in [1.54, 1.807) is 12.1 Å². The van der Waals surface area contributed by atoms with Gasteiger partial charge in [-0.2, -0.15) is 10.2 Å². The molecule has 6 heteroatoms. The zero-order valence-electron chi connectivity index (χ0n) is 17.1. The summed E-state index contributed by atoms with van der Waals surface area (Å²) in [5.41, 5.74) is 2.42. The Labute approximate surface area is 177 Å². The number of hydrogen-bond acceptors (Lipinski definition) is 6. The number of rotatable bonds is 7. The Morgan fingerprint density at radius 1 is 1.13 bits per heavy atom. The molecular formula is C24H25N5O. The van der Waals surface area contributed by atoms with Crippen LogP contribution in [0.15, 0.2) is 60.7 Å². The summed E-state index contributed by atoms with van der Waals surface area (Å²) in [5, 5.41) is 12.4. The maximum absolute atomic E-state index is 9.13. The Morgan fingerprint density at radius 3 is 2.80 bits per heavy atom. The Bertz CT molecular complexity index is 1030. The molecule has 6 nitrogen and oxygen atoms in total. The number of nitrogens with one attached hydrogen (secondary N) is 1. The van der Waals surface area contributed by atoms with E-state index in [9.17, 15) is 0 Å². The van der Waals surface area contributed by atoms with Gasteiger partial charge < -0.3 is 15.0 Å². The molecule has 0 radical (unpaired) electrons. The maximum atomic E-state index is 9.13. The summed E-state index contributed by atoms with van der Waals surface area (Å²) in [6.07, 6.45) is 3.00. The third-order valence-electron chi connectivity index (χ3n) is 5.03. The van der Waals surface area contributed by atoms with Crippen LogP contribution >= 0.6 is 0 Å². The largest absolute Gasteiger partial charge is 0.489 e. The molecule has 0 bridgehead atoms. The summed E-state index contributed by atoms with van der Waals surface area (Å²) >= 11 is 0. The van der Waals surface area contributed by atoms with Crippen LogP contribution in [0.3, 0.4) is 0 Å². The number of nitrogens with zero attached hydrogens (tertiary/aromatic N) is 4. The van der Waals surface area contributed by atoms with E-state index in [0.29, 0.717) is 11.5 Å². The lowest BCUT2D eigenvalue weighted by Gasteiger charge is -2.20. The summed E-state index contributed by atoms with van der Waals surface area (Å²) < 4.78 is 6.12. The molecule has 1 N–H and O–H groups in total. The zero-order valence-corrected chi connectivity index (χ0v) is 17.1. The standard InChI is InChI=1S/C24H25N5O/c1-2-7-19-15-23(28-24(26-19)27-20-9-6-8-18(14-20)16-25)29-13-12-22(17-29)30-21-10-4-3-5-11-21/h3-6,8-11,14-15,22H,2,7,12-13,17H2,1H3,(H,26,27,28)/t22-/m0/s1. The highest BCUT2D eigenvalue weighted by Crippen LogP contribution is 2.25. The molecule has 1 aliphatic heterocycles. The van der Waals surface area contributed by atoms with Crippen LogP contribution < -0.4 is 15.0 Å². The minimum absolute atomic E-state index is 0.140. The van der Waals surface area contributed by atoms with Gasteiger partial charge in [0.2, 0.25) is 5.95 Å². The van der Waals surface area contributed by atoms with Gasteiger partial charge in [0.1, 0.15) is 17.7 Å². The third kappa shape index (κ3) is 4.87. The van der Waals surface area contributed by atoms with E-state index in [1.807, 2.05) is 42.5 Å². The van der Waals surface area contributed by atoms with Crippen molar-refractivity contribution in [2.75, 3.05) is 23.3 Å². The normalized spacial score (nSPS) is 15.6. The van der Waals surface area contributed by atoms with Gasteiger partial charge in [-0.25, -0.2) is 4.98 Å². The molecule has 1 saturated heterocycles. The molecule has 0 saturated carbocycles. The van der Waals surface area contributed by atoms with Crippen molar-refractivity contribution in [3.8, 4) is 11.8 Å². The van der Waals surface area contributed by atoms with Crippen molar-refractivity contribution in [2.45, 2.75) is 32.3 Å². The lowest BCUT2D eigenvalue weighted by Crippen LogP contribution is -2.25. The fourth-order valence-corrected chi connectivity index (χ4v) is 3.60. The first-order valence-electron chi connectivity index (χ1n) is 10.4. The van der Waals surface area contributed by atoms with Crippen molar-refractivity contribution in [3.05, 3.63) is 71.9 Å². The van der Waals surface area contributed by atoms with Crippen molar-refractivity contribution in [1.82, 2.24) is 9.97 Å². The molecule has 0 unspecified atom stereocenters. The van der Waals surface area contributed by atoms with Crippen molar-refractivity contribution < 1.29 is 4.74 Å². The van der Waals surface area contributed by atoms with E-state index in [0.717, 1.165) is 55.3 Å². The van der Waals surface area contributed by atoms with Crippen molar-refractivity contribution in [3.63, 3.8) is 0 Å². The number of hydrogen-bond donors (Lipinski definition) is 1. The summed E-state index contributed by atoms with van der Waals surface area (Å²) in [4.78, 5) is 11.7. The number of aromatic nitrogens is 2. The molecule has 4 rings (SSSR count). The van der Waals surface area contributed by atoms with Crippen LogP contribution in [0, 0.1) is 11.3 Å². The lowest BCUT2D eigenvalue weighted by atomic mass is 10.2. The van der Waals surface area contributed by atoms with Crippen molar-refractivity contribution in [1.29, 1.82) is 5.26 Å². The molecule has 3 aromatic rings. The molecule has 152 valence electrons. The van der Waals surface area contributed by atoms with Crippen molar-refractivity contribution >= 4 is 17.5 Å². The molecule has 0 spiro atoms. The highest BCUT2D eigenvalue weighted by molar-refractivity contribution is 5.58.